The van der Waals surface area contributed by atoms with Crippen molar-refractivity contribution in [1.82, 2.24) is 5.32 Å². The third-order valence-electron chi connectivity index (χ3n) is 2.68. The molecule has 15 heavy (non-hydrogen) atoms. The molecular formula is C13H19NO. The van der Waals surface area contributed by atoms with Gasteiger partial charge in [0.2, 0.25) is 0 Å². The molecule has 1 aromatic rings. The first kappa shape index (κ1) is 11.8. The van der Waals surface area contributed by atoms with Crippen LogP contribution in [0.3, 0.4) is 0 Å². The van der Waals surface area contributed by atoms with Crippen LogP contribution in [0.2, 0.25) is 0 Å². The summed E-state index contributed by atoms with van der Waals surface area (Å²) in [4.78, 5) is 11.8. The molecule has 1 aromatic carbocycles. The summed E-state index contributed by atoms with van der Waals surface area (Å²) in [6.07, 6.45) is 0. The minimum atomic E-state index is -0.00183. The zero-order valence-electron chi connectivity index (χ0n) is 9.87. The molecule has 2 heteroatoms. The van der Waals surface area contributed by atoms with E-state index >= 15 is 0 Å². The Morgan fingerprint density at radius 1 is 1.20 bits per heavy atom. The van der Waals surface area contributed by atoms with Gasteiger partial charge in [-0.25, -0.2) is 0 Å². The van der Waals surface area contributed by atoms with Crippen molar-refractivity contribution in [3.8, 4) is 0 Å². The van der Waals surface area contributed by atoms with Gasteiger partial charge in [-0.2, -0.15) is 0 Å². The van der Waals surface area contributed by atoms with E-state index in [1.807, 2.05) is 37.3 Å². The topological polar surface area (TPSA) is 29.1 Å². The summed E-state index contributed by atoms with van der Waals surface area (Å²) in [7, 11) is 0. The van der Waals surface area contributed by atoms with Crippen molar-refractivity contribution >= 4 is 5.91 Å². The molecule has 0 aromatic heterocycles. The number of carbonyl (C=O) groups is 1. The van der Waals surface area contributed by atoms with Gasteiger partial charge in [-0.3, -0.25) is 4.79 Å². The van der Waals surface area contributed by atoms with Gasteiger partial charge in [0.15, 0.2) is 0 Å². The Bertz CT molecular complexity index is 324. The largest absolute Gasteiger partial charge is 0.349 e. The summed E-state index contributed by atoms with van der Waals surface area (Å²) in [6, 6.07) is 9.46. The Morgan fingerprint density at radius 3 is 2.20 bits per heavy atom. The van der Waals surface area contributed by atoms with Gasteiger partial charge in [0.05, 0.1) is 0 Å². The van der Waals surface area contributed by atoms with Crippen molar-refractivity contribution in [2.45, 2.75) is 33.7 Å². The highest BCUT2D eigenvalue weighted by Gasteiger charge is 2.21. The third kappa shape index (κ3) is 3.39. The Labute approximate surface area is 91.7 Å². The highest BCUT2D eigenvalue weighted by molar-refractivity contribution is 5.94. The fourth-order valence-corrected chi connectivity index (χ4v) is 1.09. The molecule has 1 N–H and O–H groups in total. The number of nitrogens with one attached hydrogen (secondary N) is 1. The Hall–Kier alpha value is -1.31. The van der Waals surface area contributed by atoms with Gasteiger partial charge >= 0.3 is 0 Å². The molecule has 0 aliphatic carbocycles. The number of hydrogen-bond donors (Lipinski definition) is 1. The Kier molecular flexibility index (Phi) is 3.51. The quantitative estimate of drug-likeness (QED) is 0.790. The molecule has 1 rings (SSSR count). The number of benzene rings is 1. The lowest BCUT2D eigenvalue weighted by molar-refractivity contribution is 0.0910. The molecule has 0 fully saturated rings. The summed E-state index contributed by atoms with van der Waals surface area (Å²) < 4.78 is 0. The molecule has 1 unspecified atom stereocenters. The monoisotopic (exact) mass is 205 g/mol. The van der Waals surface area contributed by atoms with Crippen LogP contribution in [0.4, 0.5) is 0 Å². The molecule has 1 amide bonds. The molecule has 1 atom stereocenters. The third-order valence-corrected chi connectivity index (χ3v) is 2.68. The number of hydrogen-bond acceptors (Lipinski definition) is 1. The van der Waals surface area contributed by atoms with Gasteiger partial charge < -0.3 is 5.32 Å². The molecular weight excluding hydrogens is 186 g/mol. The summed E-state index contributed by atoms with van der Waals surface area (Å²) in [6.45, 7) is 8.37. The molecule has 0 aliphatic heterocycles. The molecule has 0 radical (unpaired) electrons. The molecule has 0 bridgehead atoms. The summed E-state index contributed by atoms with van der Waals surface area (Å²) >= 11 is 0. The first-order valence-electron chi connectivity index (χ1n) is 5.27. The first-order chi connectivity index (χ1) is 6.91. The fraction of sp³-hybridized carbons (Fsp3) is 0.462. The Morgan fingerprint density at radius 2 is 1.73 bits per heavy atom. The van der Waals surface area contributed by atoms with Crippen molar-refractivity contribution in [2.75, 3.05) is 0 Å². The van der Waals surface area contributed by atoms with Gasteiger partial charge in [0, 0.05) is 11.6 Å². The lowest BCUT2D eigenvalue weighted by atomic mass is 9.88. The van der Waals surface area contributed by atoms with E-state index in [1.165, 1.54) is 0 Å². The van der Waals surface area contributed by atoms with Crippen LogP contribution in [0, 0.1) is 5.41 Å². The second-order valence-corrected chi connectivity index (χ2v) is 4.93. The van der Waals surface area contributed by atoms with Gasteiger partial charge in [0.1, 0.15) is 0 Å². The van der Waals surface area contributed by atoms with E-state index in [-0.39, 0.29) is 17.4 Å². The van der Waals surface area contributed by atoms with Crippen molar-refractivity contribution in [2.24, 2.45) is 5.41 Å². The maximum Gasteiger partial charge on any atom is 0.251 e. The number of rotatable bonds is 2. The predicted octanol–water partition coefficient (Wildman–Crippen LogP) is 2.85. The lowest BCUT2D eigenvalue weighted by Gasteiger charge is -2.28. The van der Waals surface area contributed by atoms with Crippen LogP contribution >= 0.6 is 0 Å². The zero-order valence-corrected chi connectivity index (χ0v) is 9.87. The van der Waals surface area contributed by atoms with Crippen LogP contribution in [0.5, 0.6) is 0 Å². The van der Waals surface area contributed by atoms with Crippen molar-refractivity contribution < 1.29 is 4.79 Å². The smallest absolute Gasteiger partial charge is 0.251 e. The lowest BCUT2D eigenvalue weighted by Crippen LogP contribution is -2.41. The Balaban J connectivity index is 2.65. The highest BCUT2D eigenvalue weighted by Crippen LogP contribution is 2.18. The summed E-state index contributed by atoms with van der Waals surface area (Å²) in [5, 5.41) is 3.00. The molecule has 82 valence electrons. The van der Waals surface area contributed by atoms with Crippen LogP contribution in [0.25, 0.3) is 0 Å². The second kappa shape index (κ2) is 4.47. The van der Waals surface area contributed by atoms with Gasteiger partial charge in [-0.1, -0.05) is 39.0 Å². The fourth-order valence-electron chi connectivity index (χ4n) is 1.09. The SMILES string of the molecule is CC(NC(=O)c1ccccc1)C(C)(C)C. The number of carbonyl (C=O) groups excluding carboxylic acids is 1. The summed E-state index contributed by atoms with van der Waals surface area (Å²) in [5.41, 5.74) is 0.804. The van der Waals surface area contributed by atoms with Gasteiger partial charge in [-0.15, -0.1) is 0 Å². The predicted molar refractivity (Wildman–Crippen MR) is 62.8 cm³/mol. The van der Waals surface area contributed by atoms with Gasteiger partial charge in [0.25, 0.3) is 5.91 Å². The standard InChI is InChI=1S/C13H19NO/c1-10(13(2,3)4)14-12(15)11-8-6-5-7-9-11/h5-10H,1-4H3,(H,14,15). The van der Waals surface area contributed by atoms with E-state index in [4.69, 9.17) is 0 Å². The molecule has 0 heterocycles. The maximum atomic E-state index is 11.8. The van der Waals surface area contributed by atoms with E-state index in [0.29, 0.717) is 5.56 Å². The van der Waals surface area contributed by atoms with Crippen LogP contribution in [0.1, 0.15) is 38.1 Å². The van der Waals surface area contributed by atoms with E-state index < -0.39 is 0 Å². The van der Waals surface area contributed by atoms with Crippen LogP contribution in [-0.2, 0) is 0 Å². The average Bonchev–Trinajstić information content (AvgIpc) is 2.17. The summed E-state index contributed by atoms with van der Waals surface area (Å²) in [5.74, 6) is -0.00183. The van der Waals surface area contributed by atoms with Crippen molar-refractivity contribution in [1.29, 1.82) is 0 Å². The molecule has 0 saturated heterocycles. The number of amides is 1. The minimum absolute atomic E-state index is 0.00183. The van der Waals surface area contributed by atoms with Gasteiger partial charge in [-0.05, 0) is 24.5 Å². The van der Waals surface area contributed by atoms with E-state index in [1.54, 1.807) is 0 Å². The van der Waals surface area contributed by atoms with Crippen molar-refractivity contribution in [3.05, 3.63) is 35.9 Å². The minimum Gasteiger partial charge on any atom is -0.349 e. The van der Waals surface area contributed by atoms with E-state index in [2.05, 4.69) is 26.1 Å². The molecule has 2 nitrogen and oxygen atoms in total. The molecule has 0 spiro atoms. The zero-order chi connectivity index (χ0) is 11.5. The highest BCUT2D eigenvalue weighted by atomic mass is 16.1. The average molecular weight is 205 g/mol. The maximum absolute atomic E-state index is 11.8. The van der Waals surface area contributed by atoms with E-state index in [0.717, 1.165) is 0 Å². The van der Waals surface area contributed by atoms with Crippen LogP contribution in [-0.4, -0.2) is 11.9 Å². The first-order valence-corrected chi connectivity index (χ1v) is 5.27. The van der Waals surface area contributed by atoms with Crippen molar-refractivity contribution in [3.63, 3.8) is 0 Å². The van der Waals surface area contributed by atoms with E-state index in [9.17, 15) is 4.79 Å². The normalized spacial score (nSPS) is 13.3. The second-order valence-electron chi connectivity index (χ2n) is 4.93. The molecule has 0 aliphatic rings. The molecule has 0 saturated carbocycles. The van der Waals surface area contributed by atoms with Crippen LogP contribution in [0.15, 0.2) is 30.3 Å². The van der Waals surface area contributed by atoms with Crippen LogP contribution < -0.4 is 5.32 Å².